The third-order valence-corrected chi connectivity index (χ3v) is 13.0. The number of hydrogen-bond acceptors (Lipinski definition) is 4. The largest absolute Gasteiger partial charge is 0.455 e. The fourth-order valence-electron chi connectivity index (χ4n) is 10.0. The van der Waals surface area contributed by atoms with E-state index >= 15 is 0 Å². The highest BCUT2D eigenvalue weighted by molar-refractivity contribution is 6.30. The van der Waals surface area contributed by atoms with Crippen molar-refractivity contribution in [3.8, 4) is 22.3 Å². The van der Waals surface area contributed by atoms with E-state index in [4.69, 9.17) is 8.83 Å². The number of benzene rings is 11. The van der Waals surface area contributed by atoms with Crippen LogP contribution in [0.5, 0.6) is 0 Å². The fourth-order valence-corrected chi connectivity index (χ4v) is 10.0. The van der Waals surface area contributed by atoms with Crippen molar-refractivity contribution >= 4 is 99.5 Å². The van der Waals surface area contributed by atoms with Gasteiger partial charge < -0.3 is 18.6 Å². The van der Waals surface area contributed by atoms with E-state index in [1.807, 2.05) is 12.1 Å². The lowest BCUT2D eigenvalue weighted by atomic mass is 9.95. The van der Waals surface area contributed by atoms with Crippen molar-refractivity contribution in [2.75, 3.05) is 9.80 Å². The van der Waals surface area contributed by atoms with Gasteiger partial charge >= 0.3 is 0 Å². The second-order valence-corrected chi connectivity index (χ2v) is 16.8. The molecule has 0 saturated carbocycles. The predicted molar refractivity (Wildman–Crippen MR) is 276 cm³/mol. The van der Waals surface area contributed by atoms with Crippen molar-refractivity contribution in [1.82, 2.24) is 0 Å². The van der Waals surface area contributed by atoms with E-state index in [0.29, 0.717) is 0 Å². The molecule has 0 amide bonds. The van der Waals surface area contributed by atoms with Gasteiger partial charge in [0.2, 0.25) is 0 Å². The molecule has 0 unspecified atom stereocenters. The van der Waals surface area contributed by atoms with E-state index in [1.54, 1.807) is 0 Å². The van der Waals surface area contributed by atoms with Gasteiger partial charge in [-0.2, -0.15) is 0 Å². The zero-order valence-electron chi connectivity index (χ0n) is 35.8. The summed E-state index contributed by atoms with van der Waals surface area (Å²) in [6.45, 7) is 0. The van der Waals surface area contributed by atoms with E-state index in [2.05, 4.69) is 240 Å². The van der Waals surface area contributed by atoms with Gasteiger partial charge in [-0.3, -0.25) is 0 Å². The molecule has 0 bridgehead atoms. The van der Waals surface area contributed by atoms with Crippen LogP contribution in [0.1, 0.15) is 0 Å². The van der Waals surface area contributed by atoms with Crippen molar-refractivity contribution in [3.63, 3.8) is 0 Å². The van der Waals surface area contributed by atoms with Crippen LogP contribution in [-0.2, 0) is 0 Å². The SMILES string of the molecule is c1ccc(-c2ccccc2N(c2ccccc2)c2ccc(-c3ccc4c(c3)oc3c5ccc(N(c6ccccc6)c6cccc7c6oc6ccccc67)cc5c5ccccc5c43)cc2)cc1. The molecule has 310 valence electrons. The van der Waals surface area contributed by atoms with E-state index < -0.39 is 0 Å². The summed E-state index contributed by atoms with van der Waals surface area (Å²) in [5.41, 5.74) is 14.4. The lowest BCUT2D eigenvalue weighted by Gasteiger charge is -2.28. The highest BCUT2D eigenvalue weighted by atomic mass is 16.3. The van der Waals surface area contributed by atoms with Crippen LogP contribution >= 0.6 is 0 Å². The van der Waals surface area contributed by atoms with Crippen molar-refractivity contribution in [2.45, 2.75) is 0 Å². The van der Waals surface area contributed by atoms with E-state index in [9.17, 15) is 0 Å². The molecule has 0 atom stereocenters. The first-order chi connectivity index (χ1) is 32.7. The lowest BCUT2D eigenvalue weighted by Crippen LogP contribution is -2.11. The first-order valence-corrected chi connectivity index (χ1v) is 22.4. The maximum absolute atomic E-state index is 6.99. The average molecular weight is 845 g/mol. The van der Waals surface area contributed by atoms with Crippen molar-refractivity contribution in [3.05, 3.63) is 243 Å². The molecule has 13 aromatic rings. The van der Waals surface area contributed by atoms with Crippen LogP contribution in [0.2, 0.25) is 0 Å². The Morgan fingerprint density at radius 3 is 1.56 bits per heavy atom. The Morgan fingerprint density at radius 1 is 0.258 bits per heavy atom. The number of nitrogens with zero attached hydrogens (tertiary/aromatic N) is 2. The van der Waals surface area contributed by atoms with Gasteiger partial charge in [0.25, 0.3) is 0 Å². The van der Waals surface area contributed by atoms with E-state index in [0.717, 1.165) is 105 Å². The maximum atomic E-state index is 6.99. The van der Waals surface area contributed by atoms with Gasteiger partial charge in [0.1, 0.15) is 16.7 Å². The topological polar surface area (TPSA) is 32.8 Å². The summed E-state index contributed by atoms with van der Waals surface area (Å²) < 4.78 is 13.6. The fraction of sp³-hybridized carbons (Fsp3) is 0. The zero-order valence-corrected chi connectivity index (χ0v) is 35.8. The summed E-state index contributed by atoms with van der Waals surface area (Å²) in [6, 6.07) is 86.1. The van der Waals surface area contributed by atoms with Gasteiger partial charge in [-0.15, -0.1) is 0 Å². The van der Waals surface area contributed by atoms with Crippen LogP contribution in [0.3, 0.4) is 0 Å². The van der Waals surface area contributed by atoms with Crippen molar-refractivity contribution in [1.29, 1.82) is 0 Å². The molecule has 0 aliphatic carbocycles. The number of para-hydroxylation sites is 5. The molecule has 0 N–H and O–H groups in total. The van der Waals surface area contributed by atoms with Crippen molar-refractivity contribution in [2.24, 2.45) is 0 Å². The molecule has 0 saturated heterocycles. The molecule has 2 aromatic heterocycles. The third kappa shape index (κ3) is 6.15. The van der Waals surface area contributed by atoms with Gasteiger partial charge in [0, 0.05) is 55.2 Å². The number of furan rings is 2. The van der Waals surface area contributed by atoms with Gasteiger partial charge in [0.05, 0.1) is 11.4 Å². The first-order valence-electron chi connectivity index (χ1n) is 22.4. The molecule has 13 rings (SSSR count). The summed E-state index contributed by atoms with van der Waals surface area (Å²) in [7, 11) is 0. The van der Waals surface area contributed by atoms with Gasteiger partial charge in [0.15, 0.2) is 5.58 Å². The van der Waals surface area contributed by atoms with Gasteiger partial charge in [-0.05, 0) is 118 Å². The molecular weight excluding hydrogens is 805 g/mol. The molecule has 66 heavy (non-hydrogen) atoms. The predicted octanol–water partition coefficient (Wildman–Crippen LogP) is 18.1. The summed E-state index contributed by atoms with van der Waals surface area (Å²) >= 11 is 0. The van der Waals surface area contributed by atoms with Gasteiger partial charge in [-0.25, -0.2) is 0 Å². The smallest absolute Gasteiger partial charge is 0.159 e. The van der Waals surface area contributed by atoms with Crippen LogP contribution in [0.4, 0.5) is 34.1 Å². The summed E-state index contributed by atoms with van der Waals surface area (Å²) in [6.07, 6.45) is 0. The van der Waals surface area contributed by atoms with Crippen LogP contribution in [-0.4, -0.2) is 0 Å². The Bertz CT molecular complexity index is 3930. The van der Waals surface area contributed by atoms with E-state index in [1.165, 1.54) is 16.5 Å². The summed E-state index contributed by atoms with van der Waals surface area (Å²) in [5, 5.41) is 8.96. The Morgan fingerprint density at radius 2 is 0.788 bits per heavy atom. The molecule has 2 heterocycles. The Labute approximate surface area is 381 Å². The second kappa shape index (κ2) is 15.4. The van der Waals surface area contributed by atoms with Crippen LogP contribution < -0.4 is 9.80 Å². The molecular formula is C62H40N2O2. The standard InChI is InChI=1S/C62H40N2O2/c1-4-17-42(18-5-1)48-23-12-14-28-56(48)63(44-19-6-2-7-20-44)46-34-31-41(32-35-46)43-33-37-54-59(39-43)66-62-53-38-36-47(40-55(53)49-24-10-11-26-51(49)60(54)62)64(45-21-8-3-9-22-45)57-29-16-27-52-50-25-13-15-30-58(50)65-61(52)57/h1-40H. The summed E-state index contributed by atoms with van der Waals surface area (Å²) in [5.74, 6) is 0. The molecule has 4 nitrogen and oxygen atoms in total. The molecule has 0 fully saturated rings. The second-order valence-electron chi connectivity index (χ2n) is 16.8. The zero-order chi connectivity index (χ0) is 43.6. The number of rotatable bonds is 8. The minimum atomic E-state index is 0.854. The monoisotopic (exact) mass is 844 g/mol. The first kappa shape index (κ1) is 37.7. The number of hydrogen-bond donors (Lipinski definition) is 0. The number of anilines is 6. The van der Waals surface area contributed by atoms with Crippen molar-refractivity contribution < 1.29 is 8.83 Å². The highest BCUT2D eigenvalue weighted by Crippen LogP contribution is 2.47. The summed E-state index contributed by atoms with van der Waals surface area (Å²) in [4.78, 5) is 4.65. The van der Waals surface area contributed by atoms with Gasteiger partial charge in [-0.1, -0.05) is 158 Å². The Hall–Kier alpha value is -8.86. The normalized spacial score (nSPS) is 11.6. The molecule has 11 aromatic carbocycles. The minimum absolute atomic E-state index is 0.854. The van der Waals surface area contributed by atoms with E-state index in [-0.39, 0.29) is 0 Å². The lowest BCUT2D eigenvalue weighted by molar-refractivity contribution is 0.669. The average Bonchev–Trinajstić information content (AvgIpc) is 3.97. The quantitative estimate of drug-likeness (QED) is 0.143. The molecule has 0 aliphatic rings. The van der Waals surface area contributed by atoms with Crippen LogP contribution in [0.25, 0.3) is 87.7 Å². The molecule has 0 aliphatic heterocycles. The minimum Gasteiger partial charge on any atom is -0.455 e. The maximum Gasteiger partial charge on any atom is 0.159 e. The Kier molecular flexibility index (Phi) is 8.81. The number of fused-ring (bicyclic) bond motifs is 11. The Balaban J connectivity index is 0.927. The molecule has 4 heteroatoms. The highest BCUT2D eigenvalue weighted by Gasteiger charge is 2.23. The van der Waals surface area contributed by atoms with Crippen LogP contribution in [0.15, 0.2) is 251 Å². The molecule has 0 spiro atoms. The molecule has 0 radical (unpaired) electrons. The third-order valence-electron chi connectivity index (χ3n) is 13.0. The van der Waals surface area contributed by atoms with Crippen LogP contribution in [0, 0.1) is 0 Å².